The molecule has 5 nitrogen and oxygen atoms in total. The first-order valence-corrected chi connectivity index (χ1v) is 4.50. The Labute approximate surface area is 85.5 Å². The summed E-state index contributed by atoms with van der Waals surface area (Å²) < 4.78 is 5.31. The third-order valence-corrected chi connectivity index (χ3v) is 2.06. The smallest absolute Gasteiger partial charge is 0.307 e. The molecule has 2 rings (SSSR count). The van der Waals surface area contributed by atoms with Crippen LogP contribution in [0, 0.1) is 0 Å². The van der Waals surface area contributed by atoms with E-state index in [0.29, 0.717) is 22.6 Å². The number of oxazole rings is 1. The fourth-order valence-corrected chi connectivity index (χ4v) is 1.44. The van der Waals surface area contributed by atoms with Crippen LogP contribution in [0.5, 0.6) is 0 Å². The highest BCUT2D eigenvalue weighted by Crippen LogP contribution is 2.19. The van der Waals surface area contributed by atoms with Crippen molar-refractivity contribution in [3.05, 3.63) is 29.7 Å². The summed E-state index contributed by atoms with van der Waals surface area (Å²) in [5.41, 5.74) is 7.20. The van der Waals surface area contributed by atoms with Gasteiger partial charge in [-0.25, -0.2) is 4.98 Å². The Kier molecular flexibility index (Phi) is 2.39. The third kappa shape index (κ3) is 1.82. The molecule has 3 N–H and O–H groups in total. The summed E-state index contributed by atoms with van der Waals surface area (Å²) in [7, 11) is 0. The van der Waals surface area contributed by atoms with E-state index in [1.54, 1.807) is 18.2 Å². The number of nitrogens with zero attached hydrogens (tertiary/aromatic N) is 1. The molecule has 2 aromatic rings. The molecule has 1 heterocycles. The van der Waals surface area contributed by atoms with Crippen LogP contribution < -0.4 is 5.73 Å². The SMILES string of the molecule is NCc1nc2c(CC(=O)O)cccc2o1. The zero-order valence-corrected chi connectivity index (χ0v) is 7.93. The highest BCUT2D eigenvalue weighted by molar-refractivity contribution is 5.82. The Morgan fingerprint density at radius 1 is 1.53 bits per heavy atom. The number of carboxylic acid groups (broad SMARTS) is 1. The fourth-order valence-electron chi connectivity index (χ4n) is 1.44. The fraction of sp³-hybridized carbons (Fsp3) is 0.200. The van der Waals surface area contributed by atoms with E-state index in [1.165, 1.54) is 0 Å². The highest BCUT2D eigenvalue weighted by Gasteiger charge is 2.10. The number of nitrogens with two attached hydrogens (primary N) is 1. The van der Waals surface area contributed by atoms with Gasteiger partial charge in [-0.05, 0) is 11.6 Å². The van der Waals surface area contributed by atoms with Crippen LogP contribution in [-0.2, 0) is 17.8 Å². The first kappa shape index (κ1) is 9.67. The quantitative estimate of drug-likeness (QED) is 0.779. The number of aliphatic carboxylic acids is 1. The lowest BCUT2D eigenvalue weighted by Crippen LogP contribution is -2.00. The lowest BCUT2D eigenvalue weighted by atomic mass is 10.1. The minimum atomic E-state index is -0.889. The molecule has 0 saturated carbocycles. The molecule has 0 unspecified atom stereocenters. The molecule has 0 fully saturated rings. The van der Waals surface area contributed by atoms with Crippen LogP contribution in [0.3, 0.4) is 0 Å². The molecule has 1 aromatic heterocycles. The van der Waals surface area contributed by atoms with Crippen LogP contribution in [0.15, 0.2) is 22.6 Å². The Balaban J connectivity index is 2.54. The van der Waals surface area contributed by atoms with Crippen molar-refractivity contribution in [2.24, 2.45) is 5.73 Å². The van der Waals surface area contributed by atoms with Crippen molar-refractivity contribution >= 4 is 17.1 Å². The molecule has 0 bridgehead atoms. The van der Waals surface area contributed by atoms with E-state index in [2.05, 4.69) is 4.98 Å². The summed E-state index contributed by atoms with van der Waals surface area (Å²) in [4.78, 5) is 14.7. The largest absolute Gasteiger partial charge is 0.481 e. The number of aromatic nitrogens is 1. The second-order valence-corrected chi connectivity index (χ2v) is 3.15. The number of carboxylic acids is 1. The van der Waals surface area contributed by atoms with Gasteiger partial charge in [0.1, 0.15) is 5.52 Å². The van der Waals surface area contributed by atoms with Gasteiger partial charge in [0.05, 0.1) is 13.0 Å². The number of carbonyl (C=O) groups is 1. The first-order chi connectivity index (χ1) is 7.20. The van der Waals surface area contributed by atoms with Crippen molar-refractivity contribution in [1.82, 2.24) is 4.98 Å². The molecule has 1 aromatic carbocycles. The molecule has 0 spiro atoms. The second kappa shape index (κ2) is 3.70. The predicted molar refractivity (Wildman–Crippen MR) is 53.2 cm³/mol. The summed E-state index contributed by atoms with van der Waals surface area (Å²) >= 11 is 0. The van der Waals surface area contributed by atoms with E-state index in [0.717, 1.165) is 0 Å². The van der Waals surface area contributed by atoms with Crippen LogP contribution in [0.25, 0.3) is 11.1 Å². The minimum Gasteiger partial charge on any atom is -0.481 e. The second-order valence-electron chi connectivity index (χ2n) is 3.15. The highest BCUT2D eigenvalue weighted by atomic mass is 16.4. The van der Waals surface area contributed by atoms with Gasteiger partial charge >= 0.3 is 5.97 Å². The number of hydrogen-bond donors (Lipinski definition) is 2. The van der Waals surface area contributed by atoms with Gasteiger partial charge < -0.3 is 15.3 Å². The van der Waals surface area contributed by atoms with Gasteiger partial charge in [0.25, 0.3) is 0 Å². The van der Waals surface area contributed by atoms with Crippen molar-refractivity contribution in [1.29, 1.82) is 0 Å². The molecule has 0 aliphatic carbocycles. The van der Waals surface area contributed by atoms with Crippen molar-refractivity contribution in [2.75, 3.05) is 0 Å². The Morgan fingerprint density at radius 2 is 2.33 bits per heavy atom. The Morgan fingerprint density at radius 3 is 3.00 bits per heavy atom. The molecule has 0 aliphatic rings. The van der Waals surface area contributed by atoms with Crippen molar-refractivity contribution in [3.63, 3.8) is 0 Å². The third-order valence-electron chi connectivity index (χ3n) is 2.06. The van der Waals surface area contributed by atoms with Crippen molar-refractivity contribution < 1.29 is 14.3 Å². The molecule has 0 atom stereocenters. The minimum absolute atomic E-state index is 0.0616. The summed E-state index contributed by atoms with van der Waals surface area (Å²) in [5.74, 6) is -0.470. The van der Waals surface area contributed by atoms with E-state index in [4.69, 9.17) is 15.3 Å². The summed E-state index contributed by atoms with van der Waals surface area (Å²) in [6, 6.07) is 5.21. The van der Waals surface area contributed by atoms with Gasteiger partial charge in [0, 0.05) is 0 Å². The standard InChI is InChI=1S/C10H10N2O3/c11-5-8-12-10-6(4-9(13)14)2-1-3-7(10)15-8/h1-3H,4-5,11H2,(H,13,14). The van der Waals surface area contributed by atoms with Gasteiger partial charge in [-0.1, -0.05) is 12.1 Å². The number of benzene rings is 1. The van der Waals surface area contributed by atoms with Gasteiger partial charge in [0.15, 0.2) is 5.58 Å². The molecule has 78 valence electrons. The molecule has 15 heavy (non-hydrogen) atoms. The predicted octanol–water partition coefficient (Wildman–Crippen LogP) is 0.914. The van der Waals surface area contributed by atoms with E-state index >= 15 is 0 Å². The van der Waals surface area contributed by atoms with E-state index in [1.807, 2.05) is 0 Å². The molecule has 0 aliphatic heterocycles. The molecule has 0 radical (unpaired) electrons. The van der Waals surface area contributed by atoms with Gasteiger partial charge in [-0.3, -0.25) is 4.79 Å². The zero-order chi connectivity index (χ0) is 10.8. The average Bonchev–Trinajstić information content (AvgIpc) is 2.61. The van der Waals surface area contributed by atoms with E-state index in [-0.39, 0.29) is 13.0 Å². The van der Waals surface area contributed by atoms with Crippen molar-refractivity contribution in [2.45, 2.75) is 13.0 Å². The lowest BCUT2D eigenvalue weighted by molar-refractivity contribution is -0.136. The Hall–Kier alpha value is -1.88. The summed E-state index contributed by atoms with van der Waals surface area (Å²) in [6.45, 7) is 0.210. The normalized spacial score (nSPS) is 10.7. The topological polar surface area (TPSA) is 89.3 Å². The van der Waals surface area contributed by atoms with Gasteiger partial charge in [-0.15, -0.1) is 0 Å². The van der Waals surface area contributed by atoms with E-state index < -0.39 is 5.97 Å². The van der Waals surface area contributed by atoms with Crippen LogP contribution in [0.4, 0.5) is 0 Å². The van der Waals surface area contributed by atoms with Crippen molar-refractivity contribution in [3.8, 4) is 0 Å². The number of rotatable bonds is 3. The van der Waals surface area contributed by atoms with E-state index in [9.17, 15) is 4.79 Å². The molecule has 5 heteroatoms. The number of hydrogen-bond acceptors (Lipinski definition) is 4. The number of fused-ring (bicyclic) bond motifs is 1. The van der Waals surface area contributed by atoms with Crippen LogP contribution in [-0.4, -0.2) is 16.1 Å². The van der Waals surface area contributed by atoms with Gasteiger partial charge in [0.2, 0.25) is 5.89 Å². The maximum absolute atomic E-state index is 10.6. The molecule has 0 amide bonds. The van der Waals surface area contributed by atoms with Crippen LogP contribution in [0.2, 0.25) is 0 Å². The lowest BCUT2D eigenvalue weighted by Gasteiger charge is -1.95. The average molecular weight is 206 g/mol. The molecule has 0 saturated heterocycles. The van der Waals surface area contributed by atoms with Gasteiger partial charge in [-0.2, -0.15) is 0 Å². The molecular formula is C10H10N2O3. The maximum Gasteiger partial charge on any atom is 0.307 e. The van der Waals surface area contributed by atoms with Crippen LogP contribution in [0.1, 0.15) is 11.5 Å². The monoisotopic (exact) mass is 206 g/mol. The molecular weight excluding hydrogens is 196 g/mol. The first-order valence-electron chi connectivity index (χ1n) is 4.50. The maximum atomic E-state index is 10.6. The number of para-hydroxylation sites is 1. The van der Waals surface area contributed by atoms with Crippen LogP contribution >= 0.6 is 0 Å². The Bertz CT molecular complexity index is 504. The summed E-state index contributed by atoms with van der Waals surface area (Å²) in [5, 5.41) is 8.71. The summed E-state index contributed by atoms with van der Waals surface area (Å²) in [6.07, 6.45) is -0.0616. The zero-order valence-electron chi connectivity index (χ0n) is 7.93.